The minimum absolute atomic E-state index is 0.0119. The van der Waals surface area contributed by atoms with Gasteiger partial charge in [-0.15, -0.1) is 0 Å². The van der Waals surface area contributed by atoms with Gasteiger partial charge in [-0.25, -0.2) is 4.79 Å². The van der Waals surface area contributed by atoms with Gasteiger partial charge in [-0.1, -0.05) is 12.1 Å². The quantitative estimate of drug-likeness (QED) is 0.356. The molecule has 3 rings (SSSR count). The van der Waals surface area contributed by atoms with E-state index in [0.717, 1.165) is 35.4 Å². The Morgan fingerprint density at radius 1 is 1.05 bits per heavy atom. The SMILES string of the molecule is Cc1ccc(CN2CCCC23CCN(C(=O)OC(C(F)(F)F)C(F)(F)F)CC3)c(OCCCC(=O)O)c1. The number of carbonyl (C=O) groups excluding carboxylic acids is 1. The highest BCUT2D eigenvalue weighted by atomic mass is 19.4. The third kappa shape index (κ3) is 7.42. The van der Waals surface area contributed by atoms with E-state index >= 15 is 0 Å². The number of hydrogen-bond donors (Lipinski definition) is 1. The summed E-state index contributed by atoms with van der Waals surface area (Å²) in [5.41, 5.74) is 1.51. The van der Waals surface area contributed by atoms with E-state index in [-0.39, 0.29) is 31.7 Å². The van der Waals surface area contributed by atoms with Crippen molar-refractivity contribution >= 4 is 12.1 Å². The molecule has 1 aromatic carbocycles. The van der Waals surface area contributed by atoms with Crippen LogP contribution in [-0.4, -0.2) is 77.2 Å². The normalized spacial score (nSPS) is 18.4. The summed E-state index contributed by atoms with van der Waals surface area (Å²) in [6, 6.07) is 5.72. The van der Waals surface area contributed by atoms with E-state index in [0.29, 0.717) is 31.6 Å². The van der Waals surface area contributed by atoms with Gasteiger partial charge in [0.2, 0.25) is 0 Å². The summed E-state index contributed by atoms with van der Waals surface area (Å²) in [6.07, 6.45) is -14.6. The predicted molar refractivity (Wildman–Crippen MR) is 119 cm³/mol. The van der Waals surface area contributed by atoms with Crippen LogP contribution < -0.4 is 4.74 Å². The molecule has 13 heteroatoms. The molecule has 0 bridgehead atoms. The maximum Gasteiger partial charge on any atom is 0.434 e. The summed E-state index contributed by atoms with van der Waals surface area (Å²) in [7, 11) is 0. The van der Waals surface area contributed by atoms with Crippen LogP contribution in [-0.2, 0) is 16.1 Å². The van der Waals surface area contributed by atoms with Crippen molar-refractivity contribution < 1.29 is 50.5 Å². The molecule has 0 radical (unpaired) electrons. The molecule has 0 saturated carbocycles. The molecular weight excluding hydrogens is 510 g/mol. The second kappa shape index (κ2) is 11.4. The number of aliphatic carboxylic acids is 1. The molecule has 0 aromatic heterocycles. The number of ether oxygens (including phenoxy) is 2. The first-order valence-electron chi connectivity index (χ1n) is 12.0. The van der Waals surface area contributed by atoms with Crippen molar-refractivity contribution in [3.63, 3.8) is 0 Å². The largest absolute Gasteiger partial charge is 0.493 e. The number of alkyl halides is 6. The Labute approximate surface area is 210 Å². The van der Waals surface area contributed by atoms with Gasteiger partial charge in [-0.3, -0.25) is 9.69 Å². The van der Waals surface area contributed by atoms with Crippen molar-refractivity contribution in [2.24, 2.45) is 0 Å². The van der Waals surface area contributed by atoms with Gasteiger partial charge in [0.25, 0.3) is 6.10 Å². The van der Waals surface area contributed by atoms with Gasteiger partial charge in [-0.05, 0) is 57.2 Å². The number of amides is 1. The molecule has 2 aliphatic heterocycles. The molecule has 1 N–H and O–H groups in total. The van der Waals surface area contributed by atoms with Crippen LogP contribution in [0.15, 0.2) is 18.2 Å². The van der Waals surface area contributed by atoms with Crippen LogP contribution >= 0.6 is 0 Å². The lowest BCUT2D eigenvalue weighted by molar-refractivity contribution is -0.308. The molecule has 0 atom stereocenters. The summed E-state index contributed by atoms with van der Waals surface area (Å²) in [4.78, 5) is 26.0. The Morgan fingerprint density at radius 2 is 1.70 bits per heavy atom. The molecule has 1 amide bonds. The zero-order valence-corrected chi connectivity index (χ0v) is 20.3. The number of carboxylic acid groups (broad SMARTS) is 1. The highest BCUT2D eigenvalue weighted by Crippen LogP contribution is 2.41. The van der Waals surface area contributed by atoms with Gasteiger partial charge < -0.3 is 19.5 Å². The molecule has 7 nitrogen and oxygen atoms in total. The molecule has 2 heterocycles. The van der Waals surface area contributed by atoms with Crippen molar-refractivity contribution in [1.82, 2.24) is 9.80 Å². The average Bonchev–Trinajstić information content (AvgIpc) is 3.16. The van der Waals surface area contributed by atoms with Crippen LogP contribution in [0.4, 0.5) is 31.1 Å². The molecule has 0 aliphatic carbocycles. The zero-order valence-electron chi connectivity index (χ0n) is 20.3. The average molecular weight is 541 g/mol. The second-order valence-corrected chi connectivity index (χ2v) is 9.54. The number of carboxylic acids is 1. The maximum absolute atomic E-state index is 12.8. The number of halogens is 6. The van der Waals surface area contributed by atoms with Gasteiger partial charge in [0, 0.05) is 37.2 Å². The fourth-order valence-corrected chi connectivity index (χ4v) is 4.95. The van der Waals surface area contributed by atoms with Crippen LogP contribution in [0.2, 0.25) is 0 Å². The summed E-state index contributed by atoms with van der Waals surface area (Å²) in [5, 5.41) is 8.81. The maximum atomic E-state index is 12.8. The summed E-state index contributed by atoms with van der Waals surface area (Å²) >= 11 is 0. The Balaban J connectivity index is 1.63. The smallest absolute Gasteiger partial charge is 0.434 e. The number of likely N-dealkylation sites (tertiary alicyclic amines) is 2. The number of hydrogen-bond acceptors (Lipinski definition) is 5. The van der Waals surface area contributed by atoms with Crippen LogP contribution in [0, 0.1) is 6.92 Å². The number of benzene rings is 1. The first-order valence-corrected chi connectivity index (χ1v) is 12.0. The summed E-state index contributed by atoms with van der Waals surface area (Å²) in [6.45, 7) is 3.34. The lowest BCUT2D eigenvalue weighted by atomic mass is 9.85. The third-order valence-corrected chi connectivity index (χ3v) is 6.88. The zero-order chi connectivity index (χ0) is 27.4. The lowest BCUT2D eigenvalue weighted by Crippen LogP contribution is -2.54. The summed E-state index contributed by atoms with van der Waals surface area (Å²) in [5.74, 6) is -0.270. The number of carbonyl (C=O) groups is 2. The van der Waals surface area contributed by atoms with E-state index < -0.39 is 30.5 Å². The van der Waals surface area contributed by atoms with Crippen LogP contribution in [0.1, 0.15) is 49.7 Å². The van der Waals surface area contributed by atoms with Gasteiger partial charge >= 0.3 is 24.4 Å². The highest BCUT2D eigenvalue weighted by Gasteiger charge is 2.60. The van der Waals surface area contributed by atoms with Crippen LogP contribution in [0.5, 0.6) is 5.75 Å². The predicted octanol–water partition coefficient (Wildman–Crippen LogP) is 5.30. The van der Waals surface area contributed by atoms with E-state index in [9.17, 15) is 35.9 Å². The second-order valence-electron chi connectivity index (χ2n) is 9.54. The van der Waals surface area contributed by atoms with Crippen LogP contribution in [0.3, 0.4) is 0 Å². The molecule has 2 aliphatic rings. The molecule has 37 heavy (non-hydrogen) atoms. The molecule has 2 saturated heterocycles. The van der Waals surface area contributed by atoms with Crippen molar-refractivity contribution in [2.75, 3.05) is 26.2 Å². The minimum atomic E-state index is -5.76. The lowest BCUT2D eigenvalue weighted by Gasteiger charge is -2.45. The Bertz CT molecular complexity index is 946. The molecule has 208 valence electrons. The van der Waals surface area contributed by atoms with E-state index in [1.165, 1.54) is 0 Å². The highest BCUT2D eigenvalue weighted by molar-refractivity contribution is 5.68. The standard InChI is InChI=1S/C24H30F6N2O5/c1-16-5-6-17(18(14-16)36-13-2-4-19(33)34)15-32-10-3-7-22(32)8-11-31(12-9-22)21(35)37-20(23(25,26)27)24(28,29)30/h5-6,14,20H,2-4,7-13,15H2,1H3,(H,33,34). The molecule has 1 spiro atoms. The van der Waals surface area contributed by atoms with Gasteiger partial charge in [0.15, 0.2) is 0 Å². The van der Waals surface area contributed by atoms with E-state index in [2.05, 4.69) is 9.64 Å². The van der Waals surface area contributed by atoms with Crippen molar-refractivity contribution in [1.29, 1.82) is 0 Å². The topological polar surface area (TPSA) is 79.3 Å². The monoisotopic (exact) mass is 540 g/mol. The van der Waals surface area contributed by atoms with Gasteiger partial charge in [0.05, 0.1) is 6.61 Å². The van der Waals surface area contributed by atoms with Crippen LogP contribution in [0.25, 0.3) is 0 Å². The van der Waals surface area contributed by atoms with Gasteiger partial charge in [-0.2, -0.15) is 26.3 Å². The molecule has 2 fully saturated rings. The van der Waals surface area contributed by atoms with E-state index in [1.807, 2.05) is 25.1 Å². The molecular formula is C24H30F6N2O5. The van der Waals surface area contributed by atoms with E-state index in [1.54, 1.807) is 0 Å². The first kappa shape index (κ1) is 28.9. The van der Waals surface area contributed by atoms with Crippen molar-refractivity contribution in [2.45, 2.75) is 76.0 Å². The third-order valence-electron chi connectivity index (χ3n) is 6.88. The van der Waals surface area contributed by atoms with Crippen molar-refractivity contribution in [3.8, 4) is 5.75 Å². The number of rotatable bonds is 8. The van der Waals surface area contributed by atoms with E-state index in [4.69, 9.17) is 9.84 Å². The number of aryl methyl sites for hydroxylation is 1. The Hall–Kier alpha value is -2.70. The first-order chi connectivity index (χ1) is 17.2. The molecule has 0 unspecified atom stereocenters. The van der Waals surface area contributed by atoms with Gasteiger partial charge in [0.1, 0.15) is 5.75 Å². The fourth-order valence-electron chi connectivity index (χ4n) is 4.95. The minimum Gasteiger partial charge on any atom is -0.493 e. The Morgan fingerprint density at radius 3 is 2.30 bits per heavy atom. The summed E-state index contributed by atoms with van der Waals surface area (Å²) < 4.78 is 86.3. The Kier molecular flexibility index (Phi) is 8.86. The molecule has 1 aromatic rings. The van der Waals surface area contributed by atoms with Crippen molar-refractivity contribution in [3.05, 3.63) is 29.3 Å². The fraction of sp³-hybridized carbons (Fsp3) is 0.667. The number of piperidine rings is 1. The number of nitrogens with zero attached hydrogens (tertiary/aromatic N) is 2.